The van der Waals surface area contributed by atoms with Crippen molar-refractivity contribution in [1.82, 2.24) is 0 Å². The normalized spacial score (nSPS) is 10.9. The Kier molecular flexibility index (Phi) is 2.78. The zero-order chi connectivity index (χ0) is 10.3. The third kappa shape index (κ3) is 1.67. The molecule has 0 amide bonds. The molecule has 0 radical (unpaired) electrons. The molecular formula is C8H5BFIO2S. The van der Waals surface area contributed by atoms with Crippen molar-refractivity contribution in [3.63, 3.8) is 0 Å². The van der Waals surface area contributed by atoms with Gasteiger partial charge in [-0.15, -0.1) is 11.3 Å². The summed E-state index contributed by atoms with van der Waals surface area (Å²) in [4.78, 5) is 0. The maximum absolute atomic E-state index is 13.6. The number of benzene rings is 1. The number of hydrogen-bond acceptors (Lipinski definition) is 3. The Morgan fingerprint density at radius 1 is 1.36 bits per heavy atom. The van der Waals surface area contributed by atoms with Crippen molar-refractivity contribution in [2.45, 2.75) is 0 Å². The molecule has 0 bridgehead atoms. The molecule has 2 rings (SSSR count). The van der Waals surface area contributed by atoms with Crippen molar-refractivity contribution in [2.24, 2.45) is 0 Å². The summed E-state index contributed by atoms with van der Waals surface area (Å²) in [6.45, 7) is 0. The minimum absolute atomic E-state index is 0.0734. The monoisotopic (exact) mass is 322 g/mol. The van der Waals surface area contributed by atoms with E-state index in [1.165, 1.54) is 17.4 Å². The Morgan fingerprint density at radius 3 is 2.71 bits per heavy atom. The van der Waals surface area contributed by atoms with Crippen LogP contribution in [-0.2, 0) is 0 Å². The first-order chi connectivity index (χ1) is 6.59. The molecule has 0 atom stereocenters. The van der Waals surface area contributed by atoms with Gasteiger partial charge in [0.1, 0.15) is 5.82 Å². The van der Waals surface area contributed by atoms with Gasteiger partial charge >= 0.3 is 7.12 Å². The molecule has 0 saturated heterocycles. The van der Waals surface area contributed by atoms with Crippen LogP contribution in [0.4, 0.5) is 4.39 Å². The van der Waals surface area contributed by atoms with Gasteiger partial charge in [-0.3, -0.25) is 0 Å². The maximum Gasteiger partial charge on any atom is 0.491 e. The van der Waals surface area contributed by atoms with Crippen molar-refractivity contribution < 1.29 is 14.4 Å². The van der Waals surface area contributed by atoms with Gasteiger partial charge in [-0.05, 0) is 34.0 Å². The summed E-state index contributed by atoms with van der Waals surface area (Å²) in [7, 11) is -1.75. The van der Waals surface area contributed by atoms with Crippen molar-refractivity contribution in [1.29, 1.82) is 0 Å². The average molecular weight is 322 g/mol. The first-order valence-corrected chi connectivity index (χ1v) is 5.72. The quantitative estimate of drug-likeness (QED) is 0.614. The predicted octanol–water partition coefficient (Wildman–Crippen LogP) is 1.32. The Bertz CT molecular complexity index is 485. The fourth-order valence-electron chi connectivity index (χ4n) is 1.25. The number of fused-ring (bicyclic) bond motifs is 1. The van der Waals surface area contributed by atoms with Crippen LogP contribution in [-0.4, -0.2) is 17.2 Å². The van der Waals surface area contributed by atoms with Crippen LogP contribution in [0.3, 0.4) is 0 Å². The van der Waals surface area contributed by atoms with Crippen LogP contribution in [0, 0.1) is 8.70 Å². The Morgan fingerprint density at radius 2 is 2.07 bits per heavy atom. The molecule has 0 fully saturated rings. The lowest BCUT2D eigenvalue weighted by Crippen LogP contribution is -2.32. The average Bonchev–Trinajstić information content (AvgIpc) is 2.46. The summed E-state index contributed by atoms with van der Waals surface area (Å²) in [6, 6.07) is 4.94. The van der Waals surface area contributed by atoms with Gasteiger partial charge in [-0.1, -0.05) is 12.1 Å². The van der Waals surface area contributed by atoms with Crippen LogP contribution in [0.1, 0.15) is 0 Å². The lowest BCUT2D eigenvalue weighted by atomic mass is 9.80. The van der Waals surface area contributed by atoms with Crippen molar-refractivity contribution in [3.05, 3.63) is 26.9 Å². The number of halogens is 2. The molecule has 72 valence electrons. The predicted molar refractivity (Wildman–Crippen MR) is 64.3 cm³/mol. The van der Waals surface area contributed by atoms with E-state index < -0.39 is 12.9 Å². The van der Waals surface area contributed by atoms with Crippen LogP contribution in [0.25, 0.3) is 10.1 Å². The molecule has 1 heterocycles. The van der Waals surface area contributed by atoms with Gasteiger partial charge in [0, 0.05) is 5.46 Å². The van der Waals surface area contributed by atoms with E-state index in [-0.39, 0.29) is 5.46 Å². The number of thiophene rings is 1. The summed E-state index contributed by atoms with van der Waals surface area (Å²) in [5, 5.41) is 18.6. The zero-order valence-corrected chi connectivity index (χ0v) is 9.84. The van der Waals surface area contributed by atoms with Gasteiger partial charge < -0.3 is 10.0 Å². The molecule has 1 aromatic carbocycles. The minimum atomic E-state index is -1.75. The van der Waals surface area contributed by atoms with Crippen LogP contribution < -0.4 is 5.46 Å². The van der Waals surface area contributed by atoms with E-state index >= 15 is 0 Å². The van der Waals surface area contributed by atoms with Crippen molar-refractivity contribution >= 4 is 56.6 Å². The largest absolute Gasteiger partial charge is 0.491 e. The van der Waals surface area contributed by atoms with Gasteiger partial charge in [0.15, 0.2) is 0 Å². The van der Waals surface area contributed by atoms with E-state index in [1.807, 2.05) is 6.07 Å². The summed E-state index contributed by atoms with van der Waals surface area (Å²) < 4.78 is 15.1. The molecule has 0 aliphatic rings. The fraction of sp³-hybridized carbons (Fsp3) is 0. The molecule has 0 aliphatic heterocycles. The summed E-state index contributed by atoms with van der Waals surface area (Å²) in [6.07, 6.45) is 0. The summed E-state index contributed by atoms with van der Waals surface area (Å²) >= 11 is 3.41. The smallest absolute Gasteiger partial charge is 0.423 e. The van der Waals surface area contributed by atoms with Gasteiger partial charge in [-0.25, -0.2) is 4.39 Å². The third-order valence-electron chi connectivity index (χ3n) is 1.90. The number of rotatable bonds is 1. The van der Waals surface area contributed by atoms with Gasteiger partial charge in [0.2, 0.25) is 0 Å². The van der Waals surface area contributed by atoms with E-state index in [9.17, 15) is 4.39 Å². The second kappa shape index (κ2) is 3.76. The molecule has 2 N–H and O–H groups in total. The van der Waals surface area contributed by atoms with E-state index in [0.717, 1.165) is 8.27 Å². The van der Waals surface area contributed by atoms with Gasteiger partial charge in [-0.2, -0.15) is 0 Å². The third-order valence-corrected chi connectivity index (χ3v) is 3.81. The van der Waals surface area contributed by atoms with Crippen LogP contribution in [0.5, 0.6) is 0 Å². The first-order valence-electron chi connectivity index (χ1n) is 3.83. The van der Waals surface area contributed by atoms with Crippen molar-refractivity contribution in [3.8, 4) is 0 Å². The second-order valence-electron chi connectivity index (χ2n) is 2.81. The highest BCUT2D eigenvalue weighted by Crippen LogP contribution is 2.28. The van der Waals surface area contributed by atoms with Gasteiger partial charge in [0.25, 0.3) is 0 Å². The van der Waals surface area contributed by atoms with Gasteiger partial charge in [0.05, 0.1) is 7.58 Å². The highest BCUT2D eigenvalue weighted by Gasteiger charge is 2.19. The zero-order valence-electron chi connectivity index (χ0n) is 6.87. The number of hydrogen-bond donors (Lipinski definition) is 2. The van der Waals surface area contributed by atoms with Crippen molar-refractivity contribution in [2.75, 3.05) is 0 Å². The SMILES string of the molecule is OB(O)c1ccc2cc(I)sc2c1F. The maximum atomic E-state index is 13.6. The van der Waals surface area contributed by atoms with E-state index in [4.69, 9.17) is 10.0 Å². The molecule has 0 aliphatic carbocycles. The van der Waals surface area contributed by atoms with E-state index in [0.29, 0.717) is 4.70 Å². The molecular weight excluding hydrogens is 317 g/mol. The van der Waals surface area contributed by atoms with Crippen LogP contribution in [0.2, 0.25) is 0 Å². The van der Waals surface area contributed by atoms with E-state index in [1.54, 1.807) is 6.07 Å². The summed E-state index contributed by atoms with van der Waals surface area (Å²) in [5.74, 6) is -0.537. The van der Waals surface area contributed by atoms with Crippen LogP contribution in [0.15, 0.2) is 18.2 Å². The molecule has 2 aromatic rings. The Balaban J connectivity index is 2.74. The minimum Gasteiger partial charge on any atom is -0.423 e. The Labute approximate surface area is 97.7 Å². The lowest BCUT2D eigenvalue weighted by Gasteiger charge is -2.01. The molecule has 6 heteroatoms. The van der Waals surface area contributed by atoms with E-state index in [2.05, 4.69) is 22.6 Å². The molecule has 0 saturated carbocycles. The first kappa shape index (κ1) is 10.3. The fourth-order valence-corrected chi connectivity index (χ4v) is 3.08. The molecule has 1 aromatic heterocycles. The van der Waals surface area contributed by atoms with Crippen LogP contribution >= 0.6 is 33.9 Å². The lowest BCUT2D eigenvalue weighted by molar-refractivity contribution is 0.423. The Hall–Kier alpha value is -0.175. The topological polar surface area (TPSA) is 40.5 Å². The molecule has 2 nitrogen and oxygen atoms in total. The summed E-state index contributed by atoms with van der Waals surface area (Å²) in [5.41, 5.74) is -0.0734. The molecule has 0 unspecified atom stereocenters. The highest BCUT2D eigenvalue weighted by atomic mass is 127. The standard InChI is InChI=1S/C8H5BFIO2S/c10-7-5(9(12)13)2-1-4-3-6(11)14-8(4)7/h1-3,12-13H. The second-order valence-corrected chi connectivity index (χ2v) is 5.76. The molecule has 14 heavy (non-hydrogen) atoms. The highest BCUT2D eigenvalue weighted by molar-refractivity contribution is 14.1. The molecule has 0 spiro atoms.